The van der Waals surface area contributed by atoms with E-state index in [0.29, 0.717) is 36.3 Å². The molecule has 2 rings (SSSR count). The SMILES string of the molecule is O=C(CCOc1ccccc1Cl)NCC1CCCC(O)C1. The first kappa shape index (κ1) is 16.1. The van der Waals surface area contributed by atoms with Gasteiger partial charge in [0.05, 0.1) is 24.2 Å². The molecule has 0 saturated heterocycles. The zero-order valence-electron chi connectivity index (χ0n) is 12.1. The molecular formula is C16H22ClNO3. The smallest absolute Gasteiger partial charge is 0.223 e. The number of ether oxygens (including phenoxy) is 1. The van der Waals surface area contributed by atoms with Crippen LogP contribution in [0.3, 0.4) is 0 Å². The van der Waals surface area contributed by atoms with Crippen molar-refractivity contribution in [2.24, 2.45) is 5.92 Å². The Balaban J connectivity index is 1.62. The molecule has 1 fully saturated rings. The Morgan fingerprint density at radius 1 is 1.38 bits per heavy atom. The van der Waals surface area contributed by atoms with Crippen molar-refractivity contribution in [1.29, 1.82) is 0 Å². The third kappa shape index (κ3) is 5.56. The number of aliphatic hydroxyl groups excluding tert-OH is 1. The monoisotopic (exact) mass is 311 g/mol. The van der Waals surface area contributed by atoms with Gasteiger partial charge >= 0.3 is 0 Å². The van der Waals surface area contributed by atoms with Crippen molar-refractivity contribution < 1.29 is 14.6 Å². The highest BCUT2D eigenvalue weighted by molar-refractivity contribution is 6.32. The lowest BCUT2D eigenvalue weighted by Crippen LogP contribution is -2.33. The molecule has 5 heteroatoms. The normalized spacial score (nSPS) is 21.8. The Kier molecular flexibility index (Phi) is 6.33. The zero-order chi connectivity index (χ0) is 15.1. The van der Waals surface area contributed by atoms with Crippen molar-refractivity contribution in [3.05, 3.63) is 29.3 Å². The van der Waals surface area contributed by atoms with Gasteiger partial charge in [-0.3, -0.25) is 4.79 Å². The first-order valence-corrected chi connectivity index (χ1v) is 7.85. The molecule has 1 aromatic rings. The van der Waals surface area contributed by atoms with Crippen molar-refractivity contribution in [3.8, 4) is 5.75 Å². The predicted octanol–water partition coefficient (Wildman–Crippen LogP) is 2.78. The minimum atomic E-state index is -0.204. The van der Waals surface area contributed by atoms with Gasteiger partial charge in [0, 0.05) is 6.54 Å². The van der Waals surface area contributed by atoms with Crippen LogP contribution in [0.4, 0.5) is 0 Å². The lowest BCUT2D eigenvalue weighted by molar-refractivity contribution is -0.121. The first-order valence-electron chi connectivity index (χ1n) is 7.47. The van der Waals surface area contributed by atoms with E-state index in [1.807, 2.05) is 12.1 Å². The van der Waals surface area contributed by atoms with E-state index < -0.39 is 0 Å². The lowest BCUT2D eigenvalue weighted by Gasteiger charge is -2.25. The molecule has 21 heavy (non-hydrogen) atoms. The molecule has 0 heterocycles. The van der Waals surface area contributed by atoms with Gasteiger partial charge in [0.25, 0.3) is 0 Å². The summed E-state index contributed by atoms with van der Waals surface area (Å²) in [5.41, 5.74) is 0. The van der Waals surface area contributed by atoms with Crippen LogP contribution in [0.5, 0.6) is 5.75 Å². The minimum Gasteiger partial charge on any atom is -0.491 e. The number of carbonyl (C=O) groups is 1. The first-order chi connectivity index (χ1) is 10.1. The third-order valence-corrected chi connectivity index (χ3v) is 4.08. The summed E-state index contributed by atoms with van der Waals surface area (Å²) < 4.78 is 5.48. The molecule has 0 bridgehead atoms. The van der Waals surface area contributed by atoms with Crippen molar-refractivity contribution in [3.63, 3.8) is 0 Å². The summed E-state index contributed by atoms with van der Waals surface area (Å²) in [4.78, 5) is 11.8. The standard InChI is InChI=1S/C16H22ClNO3/c17-14-6-1-2-7-15(14)21-9-8-16(20)18-11-12-4-3-5-13(19)10-12/h1-2,6-7,12-13,19H,3-5,8-11H2,(H,18,20). The minimum absolute atomic E-state index is 0.0258. The fourth-order valence-electron chi connectivity index (χ4n) is 2.61. The van der Waals surface area contributed by atoms with Crippen LogP contribution < -0.4 is 10.1 Å². The lowest BCUT2D eigenvalue weighted by atomic mass is 9.87. The number of hydrogen-bond acceptors (Lipinski definition) is 3. The molecule has 116 valence electrons. The van der Waals surface area contributed by atoms with E-state index >= 15 is 0 Å². The van der Waals surface area contributed by atoms with Gasteiger partial charge in [-0.25, -0.2) is 0 Å². The summed E-state index contributed by atoms with van der Waals surface area (Å²) in [6.07, 6.45) is 3.89. The molecule has 4 nitrogen and oxygen atoms in total. The molecule has 1 amide bonds. The summed E-state index contributed by atoms with van der Waals surface area (Å²) in [5, 5.41) is 13.1. The summed E-state index contributed by atoms with van der Waals surface area (Å²) in [6, 6.07) is 7.21. The quantitative estimate of drug-likeness (QED) is 0.849. The van der Waals surface area contributed by atoms with Gasteiger partial charge in [0.2, 0.25) is 5.91 Å². The van der Waals surface area contributed by atoms with Crippen molar-refractivity contribution >= 4 is 17.5 Å². The maximum absolute atomic E-state index is 11.8. The molecule has 0 aliphatic heterocycles. The van der Waals surface area contributed by atoms with Crippen molar-refractivity contribution in [2.45, 2.75) is 38.2 Å². The van der Waals surface area contributed by atoms with E-state index in [1.54, 1.807) is 12.1 Å². The molecule has 2 unspecified atom stereocenters. The van der Waals surface area contributed by atoms with E-state index in [2.05, 4.69) is 5.32 Å². The van der Waals surface area contributed by atoms with Crippen molar-refractivity contribution in [2.75, 3.05) is 13.2 Å². The summed E-state index contributed by atoms with van der Waals surface area (Å²) in [7, 11) is 0. The number of amides is 1. The van der Waals surface area contributed by atoms with E-state index in [1.165, 1.54) is 0 Å². The van der Waals surface area contributed by atoms with Crippen LogP contribution in [0.15, 0.2) is 24.3 Å². The Hall–Kier alpha value is -1.26. The Morgan fingerprint density at radius 3 is 2.95 bits per heavy atom. The van der Waals surface area contributed by atoms with Gasteiger partial charge in [-0.15, -0.1) is 0 Å². The Labute approximate surface area is 130 Å². The average Bonchev–Trinajstić information content (AvgIpc) is 2.47. The number of rotatable bonds is 6. The maximum atomic E-state index is 11.8. The number of nitrogens with one attached hydrogen (secondary N) is 1. The van der Waals surface area contributed by atoms with Crippen LogP contribution in [-0.2, 0) is 4.79 Å². The fraction of sp³-hybridized carbons (Fsp3) is 0.562. The Bertz CT molecular complexity index is 467. The molecule has 1 aliphatic rings. The topological polar surface area (TPSA) is 58.6 Å². The van der Waals surface area contributed by atoms with Crippen LogP contribution in [0, 0.1) is 5.92 Å². The largest absolute Gasteiger partial charge is 0.491 e. The number of hydrogen-bond donors (Lipinski definition) is 2. The summed E-state index contributed by atoms with van der Waals surface area (Å²) >= 11 is 5.97. The van der Waals surface area contributed by atoms with Crippen LogP contribution >= 0.6 is 11.6 Å². The molecule has 0 radical (unpaired) electrons. The van der Waals surface area contributed by atoms with E-state index in [4.69, 9.17) is 16.3 Å². The van der Waals surface area contributed by atoms with Gasteiger partial charge in [-0.1, -0.05) is 30.2 Å². The van der Waals surface area contributed by atoms with E-state index in [9.17, 15) is 9.90 Å². The highest BCUT2D eigenvalue weighted by Crippen LogP contribution is 2.24. The molecule has 0 aromatic heterocycles. The third-order valence-electron chi connectivity index (χ3n) is 3.77. The number of benzene rings is 1. The second-order valence-electron chi connectivity index (χ2n) is 5.52. The van der Waals surface area contributed by atoms with E-state index in [-0.39, 0.29) is 12.0 Å². The maximum Gasteiger partial charge on any atom is 0.223 e. The molecule has 2 atom stereocenters. The van der Waals surface area contributed by atoms with Crippen LogP contribution in [-0.4, -0.2) is 30.3 Å². The molecule has 1 saturated carbocycles. The average molecular weight is 312 g/mol. The van der Waals surface area contributed by atoms with Crippen LogP contribution in [0.2, 0.25) is 5.02 Å². The summed E-state index contributed by atoms with van der Waals surface area (Å²) in [5.74, 6) is 0.965. The molecule has 1 aliphatic carbocycles. The predicted molar refractivity (Wildman–Crippen MR) is 82.5 cm³/mol. The van der Waals surface area contributed by atoms with Gasteiger partial charge in [-0.05, 0) is 37.3 Å². The zero-order valence-corrected chi connectivity index (χ0v) is 12.8. The highest BCUT2D eigenvalue weighted by Gasteiger charge is 2.20. The Morgan fingerprint density at radius 2 is 2.19 bits per heavy atom. The van der Waals surface area contributed by atoms with Crippen LogP contribution in [0.25, 0.3) is 0 Å². The number of para-hydroxylation sites is 1. The highest BCUT2D eigenvalue weighted by atomic mass is 35.5. The van der Waals surface area contributed by atoms with E-state index in [0.717, 1.165) is 25.7 Å². The van der Waals surface area contributed by atoms with Gasteiger partial charge in [0.15, 0.2) is 0 Å². The molecule has 1 aromatic carbocycles. The van der Waals surface area contributed by atoms with Gasteiger partial charge < -0.3 is 15.2 Å². The summed E-state index contributed by atoms with van der Waals surface area (Å²) in [6.45, 7) is 0.949. The van der Waals surface area contributed by atoms with Crippen molar-refractivity contribution in [1.82, 2.24) is 5.32 Å². The molecule has 2 N–H and O–H groups in total. The number of carbonyl (C=O) groups excluding carboxylic acids is 1. The number of halogens is 1. The second-order valence-corrected chi connectivity index (χ2v) is 5.93. The number of aliphatic hydroxyl groups is 1. The second kappa shape index (κ2) is 8.25. The molecular weight excluding hydrogens is 290 g/mol. The van der Waals surface area contributed by atoms with Gasteiger partial charge in [-0.2, -0.15) is 0 Å². The molecule has 0 spiro atoms. The van der Waals surface area contributed by atoms with Crippen LogP contribution in [0.1, 0.15) is 32.1 Å². The van der Waals surface area contributed by atoms with Gasteiger partial charge in [0.1, 0.15) is 5.75 Å². The fourth-order valence-corrected chi connectivity index (χ4v) is 2.80.